The van der Waals surface area contributed by atoms with Gasteiger partial charge in [0, 0.05) is 12.2 Å². The summed E-state index contributed by atoms with van der Waals surface area (Å²) in [6, 6.07) is -0.226. The molecule has 0 aliphatic rings. The van der Waals surface area contributed by atoms with Crippen LogP contribution < -0.4 is 5.32 Å². The molecule has 0 bridgehead atoms. The molecule has 1 aromatic heterocycles. The maximum Gasteiger partial charge on any atom is 0.242 e. The molecule has 0 aliphatic carbocycles. The number of nitrogens with one attached hydrogen (secondary N) is 1. The summed E-state index contributed by atoms with van der Waals surface area (Å²) in [5.41, 5.74) is 0. The highest BCUT2D eigenvalue weighted by Gasteiger charge is 2.06. The lowest BCUT2D eigenvalue weighted by Gasteiger charge is -2.09. The fourth-order valence-electron chi connectivity index (χ4n) is 0.830. The molecule has 13 heavy (non-hydrogen) atoms. The van der Waals surface area contributed by atoms with Gasteiger partial charge >= 0.3 is 0 Å². The average Bonchev–Trinajstić information content (AvgIpc) is 2.56. The van der Waals surface area contributed by atoms with Crippen molar-refractivity contribution >= 4 is 5.91 Å². The van der Waals surface area contributed by atoms with Gasteiger partial charge in [0.15, 0.2) is 0 Å². The van der Waals surface area contributed by atoms with Gasteiger partial charge in [0.2, 0.25) is 5.91 Å². The van der Waals surface area contributed by atoms with E-state index in [0.29, 0.717) is 0 Å². The van der Waals surface area contributed by atoms with E-state index in [1.54, 1.807) is 13.1 Å². The van der Waals surface area contributed by atoms with Crippen molar-refractivity contribution < 1.29 is 9.90 Å². The second-order valence-corrected chi connectivity index (χ2v) is 2.75. The largest absolute Gasteiger partial charge is 0.394 e. The third-order valence-corrected chi connectivity index (χ3v) is 1.46. The van der Waals surface area contributed by atoms with E-state index in [4.69, 9.17) is 5.11 Å². The first-order chi connectivity index (χ1) is 6.22. The Morgan fingerprint density at radius 2 is 2.54 bits per heavy atom. The van der Waals surface area contributed by atoms with Crippen LogP contribution in [0.2, 0.25) is 0 Å². The molecule has 72 valence electrons. The highest BCUT2D eigenvalue weighted by molar-refractivity contribution is 5.75. The van der Waals surface area contributed by atoms with Crippen molar-refractivity contribution in [1.29, 1.82) is 0 Å². The molecule has 0 aromatic carbocycles. The summed E-state index contributed by atoms with van der Waals surface area (Å²) in [6.07, 6.45) is 3.10. The minimum atomic E-state index is -0.226. The van der Waals surface area contributed by atoms with Crippen LogP contribution in [0.15, 0.2) is 12.4 Å². The molecule has 1 rings (SSSR count). The number of carbonyl (C=O) groups is 1. The van der Waals surface area contributed by atoms with Gasteiger partial charge in [-0.2, -0.15) is 0 Å². The second-order valence-electron chi connectivity index (χ2n) is 2.75. The van der Waals surface area contributed by atoms with Crippen molar-refractivity contribution in [3.63, 3.8) is 0 Å². The van der Waals surface area contributed by atoms with Crippen LogP contribution in [-0.2, 0) is 11.3 Å². The minimum absolute atomic E-state index is 0.0664. The van der Waals surface area contributed by atoms with Crippen LogP contribution in [0.5, 0.6) is 0 Å². The van der Waals surface area contributed by atoms with Crippen LogP contribution in [0.4, 0.5) is 0 Å². The van der Waals surface area contributed by atoms with Gasteiger partial charge in [0.25, 0.3) is 0 Å². The topological polar surface area (TPSA) is 80.0 Å². The zero-order valence-electron chi connectivity index (χ0n) is 7.34. The highest BCUT2D eigenvalue weighted by Crippen LogP contribution is 1.83. The first kappa shape index (κ1) is 9.66. The maximum absolute atomic E-state index is 11.2. The highest BCUT2D eigenvalue weighted by atomic mass is 16.3. The molecule has 0 saturated carbocycles. The van der Waals surface area contributed by atoms with Crippen molar-refractivity contribution in [3.8, 4) is 0 Å². The number of hydrogen-bond acceptors (Lipinski definition) is 4. The number of carbonyl (C=O) groups excluding carboxylic acids is 1. The molecule has 0 aliphatic heterocycles. The SMILES string of the molecule is C[C@H](CO)NC(=O)Cn1ccnn1. The Morgan fingerprint density at radius 1 is 1.77 bits per heavy atom. The quantitative estimate of drug-likeness (QED) is 0.614. The van der Waals surface area contributed by atoms with E-state index in [0.717, 1.165) is 0 Å². The van der Waals surface area contributed by atoms with E-state index >= 15 is 0 Å². The molecule has 1 atom stereocenters. The van der Waals surface area contributed by atoms with Gasteiger partial charge < -0.3 is 10.4 Å². The number of aliphatic hydroxyl groups excluding tert-OH is 1. The first-order valence-corrected chi connectivity index (χ1v) is 3.96. The van der Waals surface area contributed by atoms with E-state index < -0.39 is 0 Å². The first-order valence-electron chi connectivity index (χ1n) is 3.96. The Morgan fingerprint density at radius 3 is 3.08 bits per heavy atom. The van der Waals surface area contributed by atoms with Gasteiger partial charge in [-0.15, -0.1) is 5.10 Å². The molecular formula is C7H12N4O2. The molecule has 6 heteroatoms. The molecule has 2 N–H and O–H groups in total. The Labute approximate surface area is 75.6 Å². The summed E-state index contributed by atoms with van der Waals surface area (Å²) in [5, 5.41) is 18.4. The summed E-state index contributed by atoms with van der Waals surface area (Å²) in [4.78, 5) is 11.2. The van der Waals surface area contributed by atoms with Crippen molar-refractivity contribution in [2.24, 2.45) is 0 Å². The standard InChI is InChI=1S/C7H12N4O2/c1-6(5-12)9-7(13)4-11-3-2-8-10-11/h2-3,6,12H,4-5H2,1H3,(H,9,13)/t6-/m1/s1. The molecule has 0 fully saturated rings. The third-order valence-electron chi connectivity index (χ3n) is 1.46. The van der Waals surface area contributed by atoms with Crippen molar-refractivity contribution in [1.82, 2.24) is 20.3 Å². The van der Waals surface area contributed by atoms with Crippen LogP contribution in [0, 0.1) is 0 Å². The van der Waals surface area contributed by atoms with Crippen LogP contribution in [0.1, 0.15) is 6.92 Å². The Kier molecular flexibility index (Phi) is 3.39. The maximum atomic E-state index is 11.2. The lowest BCUT2D eigenvalue weighted by Crippen LogP contribution is -2.37. The summed E-state index contributed by atoms with van der Waals surface area (Å²) in [7, 11) is 0. The van der Waals surface area contributed by atoms with Crippen LogP contribution in [0.3, 0.4) is 0 Å². The number of nitrogens with zero attached hydrogens (tertiary/aromatic N) is 3. The number of aliphatic hydroxyl groups is 1. The molecule has 0 saturated heterocycles. The van der Waals surface area contributed by atoms with Crippen LogP contribution in [0.25, 0.3) is 0 Å². The lowest BCUT2D eigenvalue weighted by atomic mass is 10.3. The van der Waals surface area contributed by atoms with E-state index in [9.17, 15) is 4.79 Å². The van der Waals surface area contributed by atoms with Crippen molar-refractivity contribution in [2.75, 3.05) is 6.61 Å². The molecule has 1 amide bonds. The number of amides is 1. The molecule has 1 aromatic rings. The zero-order chi connectivity index (χ0) is 9.68. The zero-order valence-corrected chi connectivity index (χ0v) is 7.34. The average molecular weight is 184 g/mol. The van der Waals surface area contributed by atoms with Gasteiger partial charge in [0.05, 0.1) is 12.8 Å². The van der Waals surface area contributed by atoms with Gasteiger partial charge in [-0.3, -0.25) is 4.79 Å². The van der Waals surface area contributed by atoms with Crippen molar-refractivity contribution in [2.45, 2.75) is 19.5 Å². The molecule has 0 unspecified atom stereocenters. The molecule has 1 heterocycles. The summed E-state index contributed by atoms with van der Waals surface area (Å²) < 4.78 is 1.42. The van der Waals surface area contributed by atoms with Crippen LogP contribution >= 0.6 is 0 Å². The van der Waals surface area contributed by atoms with Gasteiger partial charge in [-0.1, -0.05) is 5.21 Å². The number of hydrogen-bond donors (Lipinski definition) is 2. The number of rotatable bonds is 4. The van der Waals surface area contributed by atoms with Crippen LogP contribution in [-0.4, -0.2) is 38.7 Å². The smallest absolute Gasteiger partial charge is 0.242 e. The van der Waals surface area contributed by atoms with Gasteiger partial charge in [0.1, 0.15) is 6.54 Å². The van der Waals surface area contributed by atoms with Crippen molar-refractivity contribution in [3.05, 3.63) is 12.4 Å². The molecular weight excluding hydrogens is 172 g/mol. The Hall–Kier alpha value is -1.43. The predicted molar refractivity (Wildman–Crippen MR) is 44.7 cm³/mol. The van der Waals surface area contributed by atoms with E-state index in [-0.39, 0.29) is 25.1 Å². The molecule has 0 radical (unpaired) electrons. The second kappa shape index (κ2) is 4.56. The minimum Gasteiger partial charge on any atom is -0.394 e. The predicted octanol–water partition coefficient (Wildman–Crippen LogP) is -1.22. The normalized spacial score (nSPS) is 12.5. The van der Waals surface area contributed by atoms with E-state index in [1.165, 1.54) is 10.9 Å². The Bertz CT molecular complexity index is 259. The number of aromatic nitrogens is 3. The van der Waals surface area contributed by atoms with Gasteiger partial charge in [-0.05, 0) is 6.92 Å². The summed E-state index contributed by atoms with van der Waals surface area (Å²) >= 11 is 0. The fraction of sp³-hybridized carbons (Fsp3) is 0.571. The lowest BCUT2D eigenvalue weighted by molar-refractivity contribution is -0.122. The monoisotopic (exact) mass is 184 g/mol. The Balaban J connectivity index is 2.34. The van der Waals surface area contributed by atoms with E-state index in [2.05, 4.69) is 15.6 Å². The molecule has 0 spiro atoms. The summed E-state index contributed by atoms with van der Waals surface area (Å²) in [5.74, 6) is -0.188. The molecule has 6 nitrogen and oxygen atoms in total. The van der Waals surface area contributed by atoms with E-state index in [1.807, 2.05) is 0 Å². The summed E-state index contributed by atoms with van der Waals surface area (Å²) in [6.45, 7) is 1.78. The van der Waals surface area contributed by atoms with Gasteiger partial charge in [-0.25, -0.2) is 4.68 Å². The fourth-order valence-corrected chi connectivity index (χ4v) is 0.830. The third kappa shape index (κ3) is 3.20.